The van der Waals surface area contributed by atoms with Gasteiger partial charge >= 0.3 is 0 Å². The minimum atomic E-state index is 0.0231. The molecule has 0 aliphatic rings. The van der Waals surface area contributed by atoms with Crippen LogP contribution >= 0.6 is 11.6 Å². The van der Waals surface area contributed by atoms with Crippen LogP contribution in [0.25, 0.3) is 0 Å². The van der Waals surface area contributed by atoms with Crippen LogP contribution in [0.3, 0.4) is 0 Å². The van der Waals surface area contributed by atoms with Crippen molar-refractivity contribution in [3.63, 3.8) is 0 Å². The molecule has 0 amide bonds. The fourth-order valence-corrected chi connectivity index (χ4v) is 2.15. The fraction of sp³-hybridized carbons (Fsp3) is 0.188. The lowest BCUT2D eigenvalue weighted by Crippen LogP contribution is -2.05. The first-order chi connectivity index (χ1) is 9.60. The number of rotatable bonds is 5. The van der Waals surface area contributed by atoms with E-state index in [9.17, 15) is 4.79 Å². The van der Waals surface area contributed by atoms with Gasteiger partial charge in [-0.3, -0.25) is 4.79 Å². The van der Waals surface area contributed by atoms with Crippen LogP contribution in [-0.2, 0) is 6.42 Å². The van der Waals surface area contributed by atoms with Crippen LogP contribution in [0.2, 0.25) is 5.02 Å². The number of nitrogens with two attached hydrogens (primary N) is 1. The first-order valence-electron chi connectivity index (χ1n) is 6.31. The van der Waals surface area contributed by atoms with Crippen LogP contribution in [0.15, 0.2) is 42.5 Å². The molecule has 0 fully saturated rings. The number of benzene rings is 2. The summed E-state index contributed by atoms with van der Waals surface area (Å²) < 4.78 is 5.10. The first kappa shape index (κ1) is 14.4. The summed E-state index contributed by atoms with van der Waals surface area (Å²) in [5, 5.41) is 0.536. The van der Waals surface area contributed by atoms with Crippen molar-refractivity contribution in [2.75, 3.05) is 12.8 Å². The zero-order chi connectivity index (χ0) is 14.5. The van der Waals surface area contributed by atoms with Crippen LogP contribution < -0.4 is 10.5 Å². The molecule has 0 radical (unpaired) electrons. The standard InChI is InChI=1S/C16H16ClNO2/c1-20-13-6-2-11(3-7-13)4-9-16(19)14-8-5-12(17)10-15(14)18/h2-3,5-8,10H,4,9,18H2,1H3. The molecular formula is C16H16ClNO2. The lowest BCUT2D eigenvalue weighted by molar-refractivity contribution is 0.0983. The molecule has 0 aliphatic carbocycles. The van der Waals surface area contributed by atoms with Gasteiger partial charge in [-0.1, -0.05) is 23.7 Å². The van der Waals surface area contributed by atoms with Crippen LogP contribution in [0.1, 0.15) is 22.3 Å². The number of hydrogen-bond donors (Lipinski definition) is 1. The molecule has 0 heterocycles. The van der Waals surface area contributed by atoms with Crippen LogP contribution in [0.5, 0.6) is 5.75 Å². The number of carbonyl (C=O) groups excluding carboxylic acids is 1. The van der Waals surface area contributed by atoms with Gasteiger partial charge in [0.25, 0.3) is 0 Å². The van der Waals surface area contributed by atoms with E-state index in [-0.39, 0.29) is 5.78 Å². The number of carbonyl (C=O) groups is 1. The third kappa shape index (κ3) is 3.52. The number of ketones is 1. The Morgan fingerprint density at radius 3 is 2.50 bits per heavy atom. The number of methoxy groups -OCH3 is 1. The van der Waals surface area contributed by atoms with Gasteiger partial charge in [-0.15, -0.1) is 0 Å². The second-order valence-electron chi connectivity index (χ2n) is 4.50. The number of aryl methyl sites for hydroxylation is 1. The maximum Gasteiger partial charge on any atom is 0.165 e. The molecule has 2 aromatic carbocycles. The summed E-state index contributed by atoms with van der Waals surface area (Å²) in [7, 11) is 1.63. The molecule has 2 rings (SSSR count). The van der Waals surface area contributed by atoms with E-state index < -0.39 is 0 Å². The molecule has 104 valence electrons. The monoisotopic (exact) mass is 289 g/mol. The molecule has 0 atom stereocenters. The predicted molar refractivity (Wildman–Crippen MR) is 81.5 cm³/mol. The molecule has 4 heteroatoms. The minimum absolute atomic E-state index is 0.0231. The van der Waals surface area contributed by atoms with Gasteiger partial charge in [0.05, 0.1) is 7.11 Å². The first-order valence-corrected chi connectivity index (χ1v) is 6.69. The van der Waals surface area contributed by atoms with Crippen molar-refractivity contribution in [1.82, 2.24) is 0 Å². The Hall–Kier alpha value is -2.00. The summed E-state index contributed by atoms with van der Waals surface area (Å²) in [4.78, 5) is 12.1. The van der Waals surface area contributed by atoms with E-state index in [2.05, 4.69) is 0 Å². The zero-order valence-electron chi connectivity index (χ0n) is 11.2. The third-order valence-electron chi connectivity index (χ3n) is 3.11. The molecule has 0 unspecified atom stereocenters. The lowest BCUT2D eigenvalue weighted by Gasteiger charge is -2.06. The van der Waals surface area contributed by atoms with Crippen LogP contribution in [0.4, 0.5) is 5.69 Å². The Morgan fingerprint density at radius 1 is 1.20 bits per heavy atom. The van der Waals surface area contributed by atoms with Crippen LogP contribution in [0, 0.1) is 0 Å². The Bertz CT molecular complexity index is 608. The molecule has 0 bridgehead atoms. The molecule has 2 aromatic rings. The summed E-state index contributed by atoms with van der Waals surface area (Å²) >= 11 is 5.82. The van der Waals surface area contributed by atoms with E-state index in [1.807, 2.05) is 24.3 Å². The largest absolute Gasteiger partial charge is 0.497 e. The van der Waals surface area contributed by atoms with Gasteiger partial charge in [0.1, 0.15) is 5.75 Å². The molecule has 0 saturated heterocycles. The van der Waals surface area contributed by atoms with Crippen LogP contribution in [-0.4, -0.2) is 12.9 Å². The molecule has 0 spiro atoms. The second-order valence-corrected chi connectivity index (χ2v) is 4.94. The SMILES string of the molecule is COc1ccc(CCC(=O)c2ccc(Cl)cc2N)cc1. The summed E-state index contributed by atoms with van der Waals surface area (Å²) in [5.74, 6) is 0.831. The van der Waals surface area contributed by atoms with E-state index >= 15 is 0 Å². The maximum atomic E-state index is 12.1. The average Bonchev–Trinajstić information content (AvgIpc) is 2.45. The Labute approximate surface area is 123 Å². The van der Waals surface area contributed by atoms with Gasteiger partial charge in [0.2, 0.25) is 0 Å². The van der Waals surface area contributed by atoms with Crippen molar-refractivity contribution in [3.05, 3.63) is 58.6 Å². The third-order valence-corrected chi connectivity index (χ3v) is 3.35. The quantitative estimate of drug-likeness (QED) is 0.674. The molecule has 2 N–H and O–H groups in total. The zero-order valence-corrected chi connectivity index (χ0v) is 12.0. The van der Waals surface area contributed by atoms with Gasteiger partial charge in [-0.05, 0) is 42.3 Å². The number of halogens is 1. The molecule has 20 heavy (non-hydrogen) atoms. The summed E-state index contributed by atoms with van der Waals surface area (Å²) in [5.41, 5.74) is 7.86. The second kappa shape index (κ2) is 6.44. The van der Waals surface area contributed by atoms with Gasteiger partial charge in [-0.2, -0.15) is 0 Å². The molecule has 3 nitrogen and oxygen atoms in total. The van der Waals surface area contributed by atoms with E-state index in [0.717, 1.165) is 11.3 Å². The number of anilines is 1. The minimum Gasteiger partial charge on any atom is -0.497 e. The van der Waals surface area contributed by atoms with Crippen molar-refractivity contribution < 1.29 is 9.53 Å². The highest BCUT2D eigenvalue weighted by atomic mass is 35.5. The molecule has 0 saturated carbocycles. The number of ether oxygens (including phenoxy) is 1. The predicted octanol–water partition coefficient (Wildman–Crippen LogP) is 3.75. The Morgan fingerprint density at radius 2 is 1.90 bits per heavy atom. The summed E-state index contributed by atoms with van der Waals surface area (Å²) in [6.45, 7) is 0. The van der Waals surface area contributed by atoms with Gasteiger partial charge < -0.3 is 10.5 Å². The van der Waals surface area contributed by atoms with Crippen molar-refractivity contribution in [3.8, 4) is 5.75 Å². The molecular weight excluding hydrogens is 274 g/mol. The van der Waals surface area contributed by atoms with E-state index in [1.54, 1.807) is 25.3 Å². The highest BCUT2D eigenvalue weighted by Gasteiger charge is 2.10. The van der Waals surface area contributed by atoms with Crippen molar-refractivity contribution in [2.45, 2.75) is 12.8 Å². The lowest BCUT2D eigenvalue weighted by atomic mass is 10.0. The topological polar surface area (TPSA) is 52.3 Å². The van der Waals surface area contributed by atoms with E-state index in [1.165, 1.54) is 0 Å². The van der Waals surface area contributed by atoms with E-state index in [0.29, 0.717) is 29.1 Å². The van der Waals surface area contributed by atoms with Gasteiger partial charge in [-0.25, -0.2) is 0 Å². The van der Waals surface area contributed by atoms with Gasteiger partial charge in [0, 0.05) is 22.7 Å². The maximum absolute atomic E-state index is 12.1. The van der Waals surface area contributed by atoms with Crippen molar-refractivity contribution >= 4 is 23.1 Å². The van der Waals surface area contributed by atoms with E-state index in [4.69, 9.17) is 22.1 Å². The number of hydrogen-bond acceptors (Lipinski definition) is 3. The summed E-state index contributed by atoms with van der Waals surface area (Å²) in [6.07, 6.45) is 1.09. The highest BCUT2D eigenvalue weighted by Crippen LogP contribution is 2.20. The molecule has 0 aliphatic heterocycles. The Kier molecular flexibility index (Phi) is 4.64. The Balaban J connectivity index is 2.00. The average molecular weight is 290 g/mol. The van der Waals surface area contributed by atoms with Gasteiger partial charge in [0.15, 0.2) is 5.78 Å². The number of nitrogen functional groups attached to an aromatic ring is 1. The van der Waals surface area contributed by atoms with Crippen molar-refractivity contribution in [1.29, 1.82) is 0 Å². The normalized spacial score (nSPS) is 10.3. The molecule has 0 aromatic heterocycles. The number of Topliss-reactive ketones (excluding diaryl/α,β-unsaturated/α-hetero) is 1. The smallest absolute Gasteiger partial charge is 0.165 e. The van der Waals surface area contributed by atoms with Crippen molar-refractivity contribution in [2.24, 2.45) is 0 Å². The summed E-state index contributed by atoms with van der Waals surface area (Å²) in [6, 6.07) is 12.6. The highest BCUT2D eigenvalue weighted by molar-refractivity contribution is 6.31. The fourth-order valence-electron chi connectivity index (χ4n) is 1.97.